The first-order valence-corrected chi connectivity index (χ1v) is 11.5. The lowest BCUT2D eigenvalue weighted by Crippen LogP contribution is -2.36. The fourth-order valence-corrected chi connectivity index (χ4v) is 4.39. The van der Waals surface area contributed by atoms with Crippen molar-refractivity contribution >= 4 is 46.5 Å². The first-order chi connectivity index (χ1) is 16.6. The van der Waals surface area contributed by atoms with Gasteiger partial charge in [-0.25, -0.2) is 0 Å². The van der Waals surface area contributed by atoms with Gasteiger partial charge < -0.3 is 19.6 Å². The van der Waals surface area contributed by atoms with E-state index >= 15 is 0 Å². The molecular formula is C26H21N2O6S-. The van der Waals surface area contributed by atoms with Crippen molar-refractivity contribution in [2.75, 3.05) is 11.9 Å². The van der Waals surface area contributed by atoms with Crippen LogP contribution in [0.4, 0.5) is 10.5 Å². The number of benzene rings is 2. The zero-order chi connectivity index (χ0) is 25.3. The van der Waals surface area contributed by atoms with E-state index in [1.807, 2.05) is 26.0 Å². The third-order valence-corrected chi connectivity index (χ3v) is 6.50. The van der Waals surface area contributed by atoms with E-state index in [4.69, 9.17) is 4.42 Å². The minimum absolute atomic E-state index is 0.0632. The number of anilines is 1. The molecule has 0 spiro atoms. The van der Waals surface area contributed by atoms with E-state index in [0.29, 0.717) is 28.3 Å². The minimum atomic E-state index is -1.27. The van der Waals surface area contributed by atoms with Gasteiger partial charge in [-0.05, 0) is 85.1 Å². The van der Waals surface area contributed by atoms with Crippen LogP contribution in [0.25, 0.3) is 17.4 Å². The van der Waals surface area contributed by atoms with E-state index in [1.165, 1.54) is 18.2 Å². The second kappa shape index (κ2) is 9.63. The number of thioether (sulfide) groups is 1. The Morgan fingerprint density at radius 2 is 1.77 bits per heavy atom. The topological polar surface area (TPSA) is 120 Å². The summed E-state index contributed by atoms with van der Waals surface area (Å²) in [5, 5.41) is 13.2. The molecule has 9 heteroatoms. The molecule has 4 rings (SSSR count). The number of furan rings is 1. The van der Waals surface area contributed by atoms with Crippen molar-refractivity contribution in [3.05, 3.63) is 81.5 Å². The summed E-state index contributed by atoms with van der Waals surface area (Å²) in [5.41, 5.74) is 4.12. The average molecular weight is 490 g/mol. The molecule has 1 N–H and O–H groups in total. The highest BCUT2D eigenvalue weighted by Gasteiger charge is 2.36. The van der Waals surface area contributed by atoms with E-state index in [1.54, 1.807) is 31.2 Å². The first kappa shape index (κ1) is 24.0. The van der Waals surface area contributed by atoms with Crippen molar-refractivity contribution in [2.45, 2.75) is 20.8 Å². The van der Waals surface area contributed by atoms with Crippen molar-refractivity contribution < 1.29 is 28.7 Å². The summed E-state index contributed by atoms with van der Waals surface area (Å²) in [7, 11) is 0. The molecule has 2 aromatic carbocycles. The van der Waals surface area contributed by atoms with Crippen LogP contribution in [0.3, 0.4) is 0 Å². The predicted molar refractivity (Wildman–Crippen MR) is 130 cm³/mol. The maximum absolute atomic E-state index is 12.8. The summed E-state index contributed by atoms with van der Waals surface area (Å²) in [6, 6.07) is 13.3. The number of rotatable bonds is 6. The molecule has 35 heavy (non-hydrogen) atoms. The van der Waals surface area contributed by atoms with Crippen LogP contribution in [-0.2, 0) is 9.59 Å². The monoisotopic (exact) mass is 489 g/mol. The lowest BCUT2D eigenvalue weighted by Gasteiger charge is -2.13. The number of aryl methyl sites for hydroxylation is 3. The maximum atomic E-state index is 12.8. The molecule has 0 saturated carbocycles. The Bertz CT molecular complexity index is 1400. The van der Waals surface area contributed by atoms with E-state index < -0.39 is 29.6 Å². The number of nitrogens with zero attached hydrogens (tertiary/aromatic N) is 1. The number of nitrogens with one attached hydrogen (secondary N) is 1. The normalized spacial score (nSPS) is 14.6. The van der Waals surface area contributed by atoms with Crippen LogP contribution in [0.15, 0.2) is 57.9 Å². The first-order valence-electron chi connectivity index (χ1n) is 10.7. The largest absolute Gasteiger partial charge is 0.545 e. The van der Waals surface area contributed by atoms with Gasteiger partial charge in [-0.1, -0.05) is 18.2 Å². The van der Waals surface area contributed by atoms with Gasteiger partial charge in [0.25, 0.3) is 11.1 Å². The molecule has 3 amide bonds. The second-order valence-corrected chi connectivity index (χ2v) is 9.13. The number of carboxylic acids is 1. The molecule has 0 radical (unpaired) electrons. The second-order valence-electron chi connectivity index (χ2n) is 8.13. The van der Waals surface area contributed by atoms with Crippen molar-refractivity contribution in [2.24, 2.45) is 0 Å². The lowest BCUT2D eigenvalue weighted by molar-refractivity contribution is -0.255. The summed E-state index contributed by atoms with van der Waals surface area (Å²) in [6.45, 7) is 5.24. The highest BCUT2D eigenvalue weighted by Crippen LogP contribution is 2.34. The quantitative estimate of drug-likeness (QED) is 0.521. The zero-order valence-electron chi connectivity index (χ0n) is 19.2. The SMILES string of the molecule is Cc1ccc(NC(=O)CN2C(=O)S/C(=C\c3ccc(-c4ccc(C(=O)[O-])cc4C)o3)C2=O)cc1C. The van der Waals surface area contributed by atoms with Crippen LogP contribution in [0.5, 0.6) is 0 Å². The number of aromatic carboxylic acids is 1. The minimum Gasteiger partial charge on any atom is -0.545 e. The molecule has 1 fully saturated rings. The molecule has 1 aliphatic heterocycles. The summed E-state index contributed by atoms with van der Waals surface area (Å²) in [6.07, 6.45) is 1.44. The number of imide groups is 1. The van der Waals surface area contributed by atoms with E-state index in [0.717, 1.165) is 27.8 Å². The van der Waals surface area contributed by atoms with Crippen molar-refractivity contribution in [3.63, 3.8) is 0 Å². The summed E-state index contributed by atoms with van der Waals surface area (Å²) < 4.78 is 5.80. The van der Waals surface area contributed by atoms with E-state index in [-0.39, 0.29) is 10.5 Å². The van der Waals surface area contributed by atoms with Crippen LogP contribution in [0.2, 0.25) is 0 Å². The third-order valence-electron chi connectivity index (χ3n) is 5.59. The van der Waals surface area contributed by atoms with Crippen molar-refractivity contribution in [1.82, 2.24) is 4.90 Å². The standard InChI is InChI=1S/C26H22N2O6S/c1-14-4-6-18(11-15(14)2)27-23(29)13-28-24(30)22(35-26(28)33)12-19-7-9-21(34-19)20-8-5-17(25(31)32)10-16(20)3/h4-12H,13H2,1-3H3,(H,27,29)(H,31,32)/p-1/b22-12-. The summed E-state index contributed by atoms with van der Waals surface area (Å²) in [5.74, 6) is -1.51. The lowest BCUT2D eigenvalue weighted by atomic mass is 10.0. The Morgan fingerprint density at radius 1 is 1.00 bits per heavy atom. The third kappa shape index (κ3) is 5.20. The number of amides is 3. The van der Waals surface area contributed by atoms with Crippen molar-refractivity contribution in [3.8, 4) is 11.3 Å². The van der Waals surface area contributed by atoms with Gasteiger partial charge in [-0.2, -0.15) is 0 Å². The Labute approximate surface area is 205 Å². The molecule has 1 aromatic heterocycles. The van der Waals surface area contributed by atoms with Gasteiger partial charge in [0.1, 0.15) is 18.1 Å². The van der Waals surface area contributed by atoms with Gasteiger partial charge in [0.05, 0.1) is 10.9 Å². The van der Waals surface area contributed by atoms with E-state index in [9.17, 15) is 24.3 Å². The number of carbonyl (C=O) groups is 4. The Morgan fingerprint density at radius 3 is 2.46 bits per heavy atom. The number of hydrogen-bond acceptors (Lipinski definition) is 7. The smallest absolute Gasteiger partial charge is 0.294 e. The van der Waals surface area contributed by atoms with Crippen LogP contribution in [0.1, 0.15) is 32.8 Å². The molecule has 1 saturated heterocycles. The Hall–Kier alpha value is -4.11. The molecular weight excluding hydrogens is 468 g/mol. The predicted octanol–water partition coefficient (Wildman–Crippen LogP) is 3.91. The van der Waals surface area contributed by atoms with Crippen LogP contribution >= 0.6 is 11.8 Å². The van der Waals surface area contributed by atoms with E-state index in [2.05, 4.69) is 5.32 Å². The number of carboxylic acid groups (broad SMARTS) is 1. The highest BCUT2D eigenvalue weighted by molar-refractivity contribution is 8.18. The summed E-state index contributed by atoms with van der Waals surface area (Å²) >= 11 is 0.729. The Balaban J connectivity index is 1.46. The molecule has 0 unspecified atom stereocenters. The van der Waals surface area contributed by atoms with Gasteiger partial charge in [0.2, 0.25) is 5.91 Å². The Kier molecular flexibility index (Phi) is 6.61. The summed E-state index contributed by atoms with van der Waals surface area (Å²) in [4.78, 5) is 49.7. The van der Waals surface area contributed by atoms with Gasteiger partial charge in [-0.3, -0.25) is 19.3 Å². The van der Waals surface area contributed by atoms with Gasteiger partial charge >= 0.3 is 0 Å². The van der Waals surface area contributed by atoms with Gasteiger partial charge in [0, 0.05) is 17.3 Å². The molecule has 2 heterocycles. The molecule has 8 nitrogen and oxygen atoms in total. The molecule has 178 valence electrons. The molecule has 0 atom stereocenters. The van der Waals surface area contributed by atoms with Crippen LogP contribution in [-0.4, -0.2) is 34.5 Å². The molecule has 0 bridgehead atoms. The number of carbonyl (C=O) groups excluding carboxylic acids is 4. The fourth-order valence-electron chi connectivity index (χ4n) is 3.57. The maximum Gasteiger partial charge on any atom is 0.294 e. The van der Waals surface area contributed by atoms with Gasteiger partial charge in [0.15, 0.2) is 0 Å². The molecule has 3 aromatic rings. The van der Waals surface area contributed by atoms with Crippen molar-refractivity contribution in [1.29, 1.82) is 0 Å². The van der Waals surface area contributed by atoms with Crippen LogP contribution in [0, 0.1) is 20.8 Å². The number of hydrogen-bond donors (Lipinski definition) is 1. The highest BCUT2D eigenvalue weighted by atomic mass is 32.2. The van der Waals surface area contributed by atoms with Gasteiger partial charge in [-0.15, -0.1) is 0 Å². The molecule has 0 aliphatic carbocycles. The average Bonchev–Trinajstić information content (AvgIpc) is 3.36. The zero-order valence-corrected chi connectivity index (χ0v) is 20.0. The molecule has 1 aliphatic rings. The van der Waals surface area contributed by atoms with Crippen LogP contribution < -0.4 is 10.4 Å². The fraction of sp³-hybridized carbons (Fsp3) is 0.154.